The maximum absolute atomic E-state index is 5.85. The minimum atomic E-state index is 0.579. The minimum absolute atomic E-state index is 0.579. The summed E-state index contributed by atoms with van der Waals surface area (Å²) in [6, 6.07) is 8.19. The fourth-order valence-corrected chi connectivity index (χ4v) is 2.51. The first-order chi connectivity index (χ1) is 9.83. The number of ether oxygens (including phenoxy) is 2. The molecule has 0 atom stereocenters. The zero-order valence-corrected chi connectivity index (χ0v) is 12.8. The second-order valence-electron chi connectivity index (χ2n) is 4.41. The molecule has 1 N–H and O–H groups in total. The molecule has 1 heterocycles. The molecular weight excluding hydrogens is 270 g/mol. The van der Waals surface area contributed by atoms with E-state index in [2.05, 4.69) is 41.2 Å². The molecule has 1 aromatic carbocycles. The second kappa shape index (κ2) is 7.92. The molecule has 0 aliphatic carbocycles. The quantitative estimate of drug-likeness (QED) is 0.801. The summed E-state index contributed by atoms with van der Waals surface area (Å²) in [7, 11) is 0. The molecule has 0 fully saturated rings. The van der Waals surface area contributed by atoms with Crippen molar-refractivity contribution < 1.29 is 9.47 Å². The largest absolute Gasteiger partial charge is 0.490 e. The van der Waals surface area contributed by atoms with Crippen LogP contribution in [-0.4, -0.2) is 13.2 Å². The average Bonchev–Trinajstić information content (AvgIpc) is 2.98. The lowest BCUT2D eigenvalue weighted by Crippen LogP contribution is -2.11. The topological polar surface area (TPSA) is 30.5 Å². The molecule has 1 aromatic heterocycles. The van der Waals surface area contributed by atoms with Crippen LogP contribution in [0.1, 0.15) is 25.0 Å². The van der Waals surface area contributed by atoms with E-state index in [1.54, 1.807) is 11.3 Å². The zero-order chi connectivity index (χ0) is 14.2. The number of benzene rings is 1. The van der Waals surface area contributed by atoms with E-state index >= 15 is 0 Å². The van der Waals surface area contributed by atoms with Crippen molar-refractivity contribution in [2.24, 2.45) is 0 Å². The highest BCUT2D eigenvalue weighted by atomic mass is 32.1. The molecule has 0 saturated heterocycles. The predicted molar refractivity (Wildman–Crippen MR) is 83.6 cm³/mol. The van der Waals surface area contributed by atoms with E-state index in [1.165, 1.54) is 11.1 Å². The molecule has 0 aliphatic heterocycles. The van der Waals surface area contributed by atoms with E-state index in [1.807, 2.05) is 13.0 Å². The molecule has 2 rings (SSSR count). The molecule has 4 heteroatoms. The van der Waals surface area contributed by atoms with Crippen LogP contribution < -0.4 is 14.8 Å². The van der Waals surface area contributed by atoms with Gasteiger partial charge in [-0.15, -0.1) is 0 Å². The van der Waals surface area contributed by atoms with E-state index in [9.17, 15) is 0 Å². The third kappa shape index (κ3) is 4.25. The van der Waals surface area contributed by atoms with Crippen LogP contribution in [0.3, 0.4) is 0 Å². The van der Waals surface area contributed by atoms with Crippen molar-refractivity contribution in [3.63, 3.8) is 0 Å². The summed E-state index contributed by atoms with van der Waals surface area (Å²) < 4.78 is 11.5. The Balaban J connectivity index is 2.06. The van der Waals surface area contributed by atoms with Gasteiger partial charge in [-0.2, -0.15) is 11.3 Å². The summed E-state index contributed by atoms with van der Waals surface area (Å²) >= 11 is 1.68. The van der Waals surface area contributed by atoms with Crippen molar-refractivity contribution in [3.8, 4) is 11.5 Å². The normalized spacial score (nSPS) is 10.5. The van der Waals surface area contributed by atoms with Crippen LogP contribution in [0.2, 0.25) is 0 Å². The van der Waals surface area contributed by atoms with E-state index in [0.29, 0.717) is 13.2 Å². The molecule has 0 bridgehead atoms. The monoisotopic (exact) mass is 291 g/mol. The molecule has 20 heavy (non-hydrogen) atoms. The number of hydrogen-bond acceptors (Lipinski definition) is 4. The van der Waals surface area contributed by atoms with Crippen molar-refractivity contribution in [1.82, 2.24) is 5.32 Å². The van der Waals surface area contributed by atoms with E-state index in [-0.39, 0.29) is 0 Å². The SMILES string of the molecule is CCNCc1ccc(OCc2ccsc2)c(OCC)c1. The number of thiophene rings is 1. The van der Waals surface area contributed by atoms with Crippen molar-refractivity contribution >= 4 is 11.3 Å². The first-order valence-corrected chi connectivity index (χ1v) is 7.88. The second-order valence-corrected chi connectivity index (χ2v) is 5.19. The van der Waals surface area contributed by atoms with Gasteiger partial charge in [0.25, 0.3) is 0 Å². The van der Waals surface area contributed by atoms with Crippen molar-refractivity contribution in [2.75, 3.05) is 13.2 Å². The smallest absolute Gasteiger partial charge is 0.161 e. The fraction of sp³-hybridized carbons (Fsp3) is 0.375. The highest BCUT2D eigenvalue weighted by molar-refractivity contribution is 7.07. The van der Waals surface area contributed by atoms with Crippen LogP contribution in [0.5, 0.6) is 11.5 Å². The molecule has 0 radical (unpaired) electrons. The summed E-state index contributed by atoms with van der Waals surface area (Å²) in [6.45, 7) is 7.11. The van der Waals surface area contributed by atoms with Gasteiger partial charge in [-0.25, -0.2) is 0 Å². The van der Waals surface area contributed by atoms with E-state index < -0.39 is 0 Å². The Hall–Kier alpha value is -1.52. The fourth-order valence-electron chi connectivity index (χ4n) is 1.86. The van der Waals surface area contributed by atoms with Gasteiger partial charge in [-0.1, -0.05) is 13.0 Å². The molecule has 0 aliphatic rings. The Labute approximate surface area is 124 Å². The maximum atomic E-state index is 5.85. The first-order valence-electron chi connectivity index (χ1n) is 6.93. The number of hydrogen-bond donors (Lipinski definition) is 1. The van der Waals surface area contributed by atoms with Crippen molar-refractivity contribution in [1.29, 1.82) is 0 Å². The summed E-state index contributed by atoms with van der Waals surface area (Å²) in [5, 5.41) is 7.47. The third-order valence-corrected chi connectivity index (χ3v) is 3.59. The zero-order valence-electron chi connectivity index (χ0n) is 12.0. The minimum Gasteiger partial charge on any atom is -0.490 e. The van der Waals surface area contributed by atoms with Gasteiger partial charge in [0.05, 0.1) is 6.61 Å². The molecule has 2 aromatic rings. The van der Waals surface area contributed by atoms with Crippen LogP contribution in [0.4, 0.5) is 0 Å². The van der Waals surface area contributed by atoms with Crippen LogP contribution in [0.15, 0.2) is 35.0 Å². The van der Waals surface area contributed by atoms with Crippen LogP contribution in [0.25, 0.3) is 0 Å². The summed E-state index contributed by atoms with van der Waals surface area (Å²) in [4.78, 5) is 0. The van der Waals surface area contributed by atoms with Gasteiger partial charge in [-0.05, 0) is 53.6 Å². The van der Waals surface area contributed by atoms with E-state index in [4.69, 9.17) is 9.47 Å². The Morgan fingerprint density at radius 1 is 1.05 bits per heavy atom. The van der Waals surface area contributed by atoms with Gasteiger partial charge in [0.2, 0.25) is 0 Å². The highest BCUT2D eigenvalue weighted by Gasteiger charge is 2.07. The van der Waals surface area contributed by atoms with Crippen LogP contribution >= 0.6 is 11.3 Å². The molecule has 108 valence electrons. The Morgan fingerprint density at radius 3 is 2.65 bits per heavy atom. The van der Waals surface area contributed by atoms with Gasteiger partial charge >= 0.3 is 0 Å². The Kier molecular flexibility index (Phi) is 5.89. The Morgan fingerprint density at radius 2 is 1.95 bits per heavy atom. The van der Waals surface area contributed by atoms with E-state index in [0.717, 1.165) is 24.6 Å². The predicted octanol–water partition coefficient (Wildman–Crippen LogP) is 3.84. The molecule has 0 unspecified atom stereocenters. The molecule has 0 saturated carbocycles. The molecular formula is C16H21NO2S. The molecule has 0 spiro atoms. The molecule has 3 nitrogen and oxygen atoms in total. The summed E-state index contributed by atoms with van der Waals surface area (Å²) in [6.07, 6.45) is 0. The van der Waals surface area contributed by atoms with Crippen LogP contribution in [0, 0.1) is 0 Å². The lowest BCUT2D eigenvalue weighted by atomic mass is 10.2. The highest BCUT2D eigenvalue weighted by Crippen LogP contribution is 2.29. The average molecular weight is 291 g/mol. The van der Waals surface area contributed by atoms with Gasteiger partial charge < -0.3 is 14.8 Å². The van der Waals surface area contributed by atoms with Crippen molar-refractivity contribution in [2.45, 2.75) is 27.0 Å². The maximum Gasteiger partial charge on any atom is 0.161 e. The summed E-state index contributed by atoms with van der Waals surface area (Å²) in [5.41, 5.74) is 2.40. The summed E-state index contributed by atoms with van der Waals surface area (Å²) in [5.74, 6) is 1.62. The lowest BCUT2D eigenvalue weighted by Gasteiger charge is -2.13. The van der Waals surface area contributed by atoms with Gasteiger partial charge in [-0.3, -0.25) is 0 Å². The van der Waals surface area contributed by atoms with Gasteiger partial charge in [0, 0.05) is 6.54 Å². The first kappa shape index (κ1) is 14.9. The van der Waals surface area contributed by atoms with Gasteiger partial charge in [0.1, 0.15) is 6.61 Å². The third-order valence-electron chi connectivity index (χ3n) is 2.86. The van der Waals surface area contributed by atoms with Crippen molar-refractivity contribution in [3.05, 3.63) is 46.2 Å². The Bertz CT molecular complexity index is 511. The lowest BCUT2D eigenvalue weighted by molar-refractivity contribution is 0.269. The standard InChI is InChI=1S/C16H21NO2S/c1-3-17-10-13-5-6-15(16(9-13)18-4-2)19-11-14-7-8-20-12-14/h5-9,12,17H,3-4,10-11H2,1-2H3. The van der Waals surface area contributed by atoms with Gasteiger partial charge in [0.15, 0.2) is 11.5 Å². The molecule has 0 amide bonds. The number of rotatable bonds is 8. The number of nitrogens with one attached hydrogen (secondary N) is 1. The van der Waals surface area contributed by atoms with Crippen LogP contribution in [-0.2, 0) is 13.2 Å².